The maximum absolute atomic E-state index is 14.0. The van der Waals surface area contributed by atoms with E-state index < -0.39 is 11.8 Å². The summed E-state index contributed by atoms with van der Waals surface area (Å²) in [5, 5.41) is 14.6. The van der Waals surface area contributed by atoms with Gasteiger partial charge in [0.05, 0.1) is 18.6 Å². The van der Waals surface area contributed by atoms with Crippen LogP contribution in [0.1, 0.15) is 65.7 Å². The Balaban J connectivity index is 1.17. The Hall–Kier alpha value is -3.62. The molecule has 0 radical (unpaired) electrons. The molecule has 0 aliphatic heterocycles. The summed E-state index contributed by atoms with van der Waals surface area (Å²) in [6, 6.07) is 10.8. The molecular formula is C28H33FN2O6. The zero-order chi connectivity index (χ0) is 26.2. The van der Waals surface area contributed by atoms with Gasteiger partial charge in [-0.05, 0) is 86.9 Å². The monoisotopic (exact) mass is 512 g/mol. The van der Waals surface area contributed by atoms with Gasteiger partial charge in [0.1, 0.15) is 5.75 Å². The van der Waals surface area contributed by atoms with Gasteiger partial charge < -0.3 is 25.2 Å². The first-order chi connectivity index (χ1) is 17.9. The predicted octanol–water partition coefficient (Wildman–Crippen LogP) is 4.19. The molecule has 198 valence electrons. The van der Waals surface area contributed by atoms with Gasteiger partial charge in [0.15, 0.2) is 11.6 Å². The van der Waals surface area contributed by atoms with Crippen LogP contribution in [-0.2, 0) is 4.79 Å². The summed E-state index contributed by atoms with van der Waals surface area (Å²) >= 11 is 0. The summed E-state index contributed by atoms with van der Waals surface area (Å²) in [5.74, 6) is -1.02. The number of rotatable bonds is 11. The summed E-state index contributed by atoms with van der Waals surface area (Å²) in [4.78, 5) is 35.9. The van der Waals surface area contributed by atoms with Crippen LogP contribution in [0.3, 0.4) is 0 Å². The van der Waals surface area contributed by atoms with Crippen molar-refractivity contribution in [2.45, 2.75) is 51.0 Å². The molecule has 3 N–H and O–H groups in total. The molecule has 0 heterocycles. The average molecular weight is 513 g/mol. The molecule has 37 heavy (non-hydrogen) atoms. The Morgan fingerprint density at radius 2 is 1.49 bits per heavy atom. The predicted molar refractivity (Wildman–Crippen MR) is 134 cm³/mol. The molecule has 2 saturated carbocycles. The standard InChI is InChI=1S/C28H33FN2O6/c29-24-13-8-21(16-25(24)36-17-18-2-1-3-18)27(33)31-15-14-30-26(32)19-4-9-22(10-5-19)37-23-11-6-20(7-12-23)28(34)35/h4-5,8-10,13,16,18,20,23H,1-3,6-7,11-12,14-15,17H2,(H,30,32)(H,31,33)(H,34,35)/t20-,23+. The molecule has 0 unspecified atom stereocenters. The number of halogens is 1. The fourth-order valence-electron chi connectivity index (χ4n) is 4.48. The minimum absolute atomic E-state index is 0.0228. The minimum atomic E-state index is -0.748. The molecule has 2 aromatic carbocycles. The molecule has 9 heteroatoms. The molecule has 2 aliphatic carbocycles. The smallest absolute Gasteiger partial charge is 0.306 e. The van der Waals surface area contributed by atoms with Gasteiger partial charge in [-0.15, -0.1) is 0 Å². The van der Waals surface area contributed by atoms with Crippen molar-refractivity contribution >= 4 is 17.8 Å². The van der Waals surface area contributed by atoms with Crippen molar-refractivity contribution in [1.82, 2.24) is 10.6 Å². The van der Waals surface area contributed by atoms with Crippen molar-refractivity contribution in [1.29, 1.82) is 0 Å². The van der Waals surface area contributed by atoms with Crippen molar-refractivity contribution in [2.24, 2.45) is 11.8 Å². The highest BCUT2D eigenvalue weighted by atomic mass is 19.1. The Morgan fingerprint density at radius 3 is 2.08 bits per heavy atom. The van der Waals surface area contributed by atoms with Gasteiger partial charge in [-0.2, -0.15) is 0 Å². The summed E-state index contributed by atoms with van der Waals surface area (Å²) in [6.45, 7) is 0.886. The summed E-state index contributed by atoms with van der Waals surface area (Å²) in [7, 11) is 0. The molecule has 4 rings (SSSR count). The number of ether oxygens (including phenoxy) is 2. The first-order valence-corrected chi connectivity index (χ1v) is 12.9. The highest BCUT2D eigenvalue weighted by Gasteiger charge is 2.27. The van der Waals surface area contributed by atoms with E-state index in [1.54, 1.807) is 24.3 Å². The first-order valence-electron chi connectivity index (χ1n) is 12.9. The van der Waals surface area contributed by atoms with Crippen LogP contribution in [0.25, 0.3) is 0 Å². The van der Waals surface area contributed by atoms with Crippen molar-refractivity contribution in [3.05, 3.63) is 59.4 Å². The van der Waals surface area contributed by atoms with Crippen LogP contribution in [0.2, 0.25) is 0 Å². The summed E-state index contributed by atoms with van der Waals surface area (Å²) < 4.78 is 25.5. The first kappa shape index (κ1) is 26.4. The Labute approximate surface area is 215 Å². The van der Waals surface area contributed by atoms with E-state index in [9.17, 15) is 18.8 Å². The average Bonchev–Trinajstić information content (AvgIpc) is 2.87. The van der Waals surface area contributed by atoms with E-state index >= 15 is 0 Å². The second-order valence-electron chi connectivity index (χ2n) is 9.72. The topological polar surface area (TPSA) is 114 Å². The second kappa shape index (κ2) is 12.6. The van der Waals surface area contributed by atoms with E-state index in [0.29, 0.717) is 55.1 Å². The number of carboxylic acids is 1. The molecule has 0 bridgehead atoms. The van der Waals surface area contributed by atoms with Crippen LogP contribution in [-0.4, -0.2) is 48.7 Å². The number of carbonyl (C=O) groups is 3. The number of nitrogens with one attached hydrogen (secondary N) is 2. The van der Waals surface area contributed by atoms with Crippen molar-refractivity contribution in [2.75, 3.05) is 19.7 Å². The molecule has 0 aromatic heterocycles. The maximum atomic E-state index is 14.0. The third-order valence-corrected chi connectivity index (χ3v) is 7.03. The molecule has 2 fully saturated rings. The van der Waals surface area contributed by atoms with Crippen molar-refractivity contribution < 1.29 is 33.4 Å². The lowest BCUT2D eigenvalue weighted by atomic mass is 9.86. The van der Waals surface area contributed by atoms with Crippen LogP contribution in [0, 0.1) is 17.7 Å². The quantitative estimate of drug-likeness (QED) is 0.389. The molecule has 0 spiro atoms. The largest absolute Gasteiger partial charge is 0.490 e. The highest BCUT2D eigenvalue weighted by Crippen LogP contribution is 2.29. The fraction of sp³-hybridized carbons (Fsp3) is 0.464. The van der Waals surface area contributed by atoms with Gasteiger partial charge in [0.25, 0.3) is 11.8 Å². The van der Waals surface area contributed by atoms with Gasteiger partial charge in [-0.3, -0.25) is 14.4 Å². The third kappa shape index (κ3) is 7.44. The Kier molecular flexibility index (Phi) is 8.98. The van der Waals surface area contributed by atoms with E-state index in [1.165, 1.54) is 24.6 Å². The third-order valence-electron chi connectivity index (χ3n) is 7.03. The van der Waals surface area contributed by atoms with E-state index in [0.717, 1.165) is 12.8 Å². The van der Waals surface area contributed by atoms with E-state index in [1.807, 2.05) is 0 Å². The van der Waals surface area contributed by atoms with Gasteiger partial charge in [-0.25, -0.2) is 4.39 Å². The molecule has 2 aromatic rings. The second-order valence-corrected chi connectivity index (χ2v) is 9.72. The molecule has 2 amide bonds. The van der Waals surface area contributed by atoms with Crippen LogP contribution >= 0.6 is 0 Å². The number of benzene rings is 2. The van der Waals surface area contributed by atoms with E-state index in [2.05, 4.69) is 10.6 Å². The minimum Gasteiger partial charge on any atom is -0.490 e. The number of aliphatic carboxylic acids is 1. The lowest BCUT2D eigenvalue weighted by Gasteiger charge is -2.26. The number of carbonyl (C=O) groups excluding carboxylic acids is 2. The van der Waals surface area contributed by atoms with Crippen LogP contribution in [0.5, 0.6) is 11.5 Å². The zero-order valence-electron chi connectivity index (χ0n) is 20.7. The Bertz CT molecular complexity index is 1090. The number of hydrogen-bond acceptors (Lipinski definition) is 5. The normalized spacial score (nSPS) is 19.4. The molecular weight excluding hydrogens is 479 g/mol. The summed E-state index contributed by atoms with van der Waals surface area (Å²) in [6.07, 6.45) is 5.92. The van der Waals surface area contributed by atoms with E-state index in [4.69, 9.17) is 14.6 Å². The number of amides is 2. The van der Waals surface area contributed by atoms with Gasteiger partial charge in [-0.1, -0.05) is 6.42 Å². The van der Waals surface area contributed by atoms with Crippen molar-refractivity contribution in [3.8, 4) is 11.5 Å². The van der Waals surface area contributed by atoms with Crippen LogP contribution in [0.4, 0.5) is 4.39 Å². The highest BCUT2D eigenvalue weighted by molar-refractivity contribution is 5.95. The number of carboxylic acid groups (broad SMARTS) is 1. The zero-order valence-corrected chi connectivity index (χ0v) is 20.7. The Morgan fingerprint density at radius 1 is 0.865 bits per heavy atom. The van der Waals surface area contributed by atoms with E-state index in [-0.39, 0.29) is 42.7 Å². The maximum Gasteiger partial charge on any atom is 0.306 e. The molecule has 2 aliphatic rings. The SMILES string of the molecule is O=C(NCCNC(=O)c1ccc(F)c(OCC2CCC2)c1)c1ccc(O[C@H]2CC[C@@H](C(=O)O)CC2)cc1. The van der Waals surface area contributed by atoms with Gasteiger partial charge >= 0.3 is 5.97 Å². The summed E-state index contributed by atoms with van der Waals surface area (Å²) in [5.41, 5.74) is 0.753. The van der Waals surface area contributed by atoms with Crippen LogP contribution < -0.4 is 20.1 Å². The van der Waals surface area contributed by atoms with Crippen molar-refractivity contribution in [3.63, 3.8) is 0 Å². The lowest BCUT2D eigenvalue weighted by Crippen LogP contribution is -2.34. The molecule has 0 atom stereocenters. The lowest BCUT2D eigenvalue weighted by molar-refractivity contribution is -0.143. The van der Waals surface area contributed by atoms with Gasteiger partial charge in [0, 0.05) is 24.2 Å². The van der Waals surface area contributed by atoms with Crippen LogP contribution in [0.15, 0.2) is 42.5 Å². The van der Waals surface area contributed by atoms with Gasteiger partial charge in [0.2, 0.25) is 0 Å². The molecule has 0 saturated heterocycles. The number of hydrogen-bond donors (Lipinski definition) is 3. The fourth-order valence-corrected chi connectivity index (χ4v) is 4.48. The molecule has 8 nitrogen and oxygen atoms in total.